The van der Waals surface area contributed by atoms with Gasteiger partial charge in [-0.3, -0.25) is 10.1 Å². The van der Waals surface area contributed by atoms with E-state index in [9.17, 15) is 18.5 Å². The van der Waals surface area contributed by atoms with Gasteiger partial charge in [0, 0.05) is 18.7 Å². The number of piperidine rings is 1. The lowest BCUT2D eigenvalue weighted by Crippen LogP contribution is -2.46. The number of hydrogen-bond donors (Lipinski definition) is 1. The predicted octanol–water partition coefficient (Wildman–Crippen LogP) is 2.17. The van der Waals surface area contributed by atoms with Crippen LogP contribution in [-0.2, 0) is 10.0 Å². The zero-order valence-corrected chi connectivity index (χ0v) is 14.6. The normalized spacial score (nSPS) is 16.1. The molecule has 9 heteroatoms. The fourth-order valence-corrected chi connectivity index (χ4v) is 4.70. The van der Waals surface area contributed by atoms with Crippen LogP contribution in [0.1, 0.15) is 26.2 Å². The highest BCUT2D eigenvalue weighted by molar-refractivity contribution is 7.89. The van der Waals surface area contributed by atoms with Crippen LogP contribution in [-0.4, -0.2) is 43.3 Å². The van der Waals surface area contributed by atoms with E-state index in [0.717, 1.165) is 25.9 Å². The molecule has 1 fully saturated rings. The summed E-state index contributed by atoms with van der Waals surface area (Å²) >= 11 is 0. The van der Waals surface area contributed by atoms with Gasteiger partial charge in [-0.05, 0) is 38.4 Å². The molecule has 1 aliphatic rings. The average Bonchev–Trinajstić information content (AvgIpc) is 2.53. The maximum absolute atomic E-state index is 12.9. The Hall–Kier alpha value is -1.22. The fraction of sp³-hybridized carbons (Fsp3) is 0.571. The number of nitro groups is 1. The molecule has 0 unspecified atom stereocenters. The predicted molar refractivity (Wildman–Crippen MR) is 90.4 cm³/mol. The van der Waals surface area contributed by atoms with Gasteiger partial charge in [0.15, 0.2) is 4.90 Å². The standard InChI is InChI=1S/C14H21N3O4S.ClH/c1-2-11-16(12-7-9-15-10-8-12)22(20,21)14-6-4-3-5-13(14)17(18)19;/h3-6,12,15H,2,7-11H2,1H3;1H. The van der Waals surface area contributed by atoms with E-state index in [1.165, 1.54) is 28.6 Å². The molecular weight excluding hydrogens is 342 g/mol. The molecule has 0 aliphatic carbocycles. The zero-order chi connectivity index (χ0) is 16.2. The number of sulfonamides is 1. The number of halogens is 1. The second kappa shape index (κ2) is 8.58. The van der Waals surface area contributed by atoms with E-state index in [2.05, 4.69) is 5.32 Å². The largest absolute Gasteiger partial charge is 0.317 e. The van der Waals surface area contributed by atoms with Gasteiger partial charge in [0.1, 0.15) is 0 Å². The molecule has 0 atom stereocenters. The van der Waals surface area contributed by atoms with E-state index in [1.54, 1.807) is 0 Å². The summed E-state index contributed by atoms with van der Waals surface area (Å²) in [4.78, 5) is 10.3. The minimum Gasteiger partial charge on any atom is -0.317 e. The molecule has 0 spiro atoms. The maximum atomic E-state index is 12.9. The molecule has 1 saturated heterocycles. The third kappa shape index (κ3) is 4.41. The zero-order valence-electron chi connectivity index (χ0n) is 13.0. The lowest BCUT2D eigenvalue weighted by molar-refractivity contribution is -0.387. The molecule has 1 aromatic rings. The van der Waals surface area contributed by atoms with Crippen LogP contribution in [0.5, 0.6) is 0 Å². The van der Waals surface area contributed by atoms with Crippen LogP contribution in [0.25, 0.3) is 0 Å². The minimum absolute atomic E-state index is 0. The summed E-state index contributed by atoms with van der Waals surface area (Å²) in [5.74, 6) is 0. The molecule has 0 aromatic heterocycles. The highest BCUT2D eigenvalue weighted by Gasteiger charge is 2.35. The second-order valence-electron chi connectivity index (χ2n) is 5.32. The number of nitrogens with one attached hydrogen (secondary N) is 1. The monoisotopic (exact) mass is 363 g/mol. The number of nitrogens with zero attached hydrogens (tertiary/aromatic N) is 2. The first-order chi connectivity index (χ1) is 10.5. The van der Waals surface area contributed by atoms with Gasteiger partial charge in [0.2, 0.25) is 10.0 Å². The summed E-state index contributed by atoms with van der Waals surface area (Å²) in [5, 5.41) is 14.3. The van der Waals surface area contributed by atoms with Gasteiger partial charge < -0.3 is 5.32 Å². The summed E-state index contributed by atoms with van der Waals surface area (Å²) < 4.78 is 27.3. The Bertz CT molecular complexity index is 633. The molecule has 0 bridgehead atoms. The first-order valence-electron chi connectivity index (χ1n) is 7.44. The van der Waals surface area contributed by atoms with Crippen molar-refractivity contribution in [2.24, 2.45) is 0 Å². The third-order valence-corrected chi connectivity index (χ3v) is 5.81. The molecule has 1 aromatic carbocycles. The molecule has 1 aliphatic heterocycles. The van der Waals surface area contributed by atoms with Gasteiger partial charge in [0.05, 0.1) is 4.92 Å². The number of benzene rings is 1. The van der Waals surface area contributed by atoms with Crippen molar-refractivity contribution in [3.63, 3.8) is 0 Å². The molecule has 0 amide bonds. The number of rotatable bonds is 6. The van der Waals surface area contributed by atoms with Crippen LogP contribution >= 0.6 is 12.4 Å². The van der Waals surface area contributed by atoms with Crippen LogP contribution in [0.15, 0.2) is 29.2 Å². The Morgan fingerprint density at radius 1 is 1.30 bits per heavy atom. The van der Waals surface area contributed by atoms with Crippen LogP contribution in [0.4, 0.5) is 5.69 Å². The fourth-order valence-electron chi connectivity index (χ4n) is 2.77. The molecule has 7 nitrogen and oxygen atoms in total. The molecule has 23 heavy (non-hydrogen) atoms. The Morgan fingerprint density at radius 3 is 2.48 bits per heavy atom. The van der Waals surface area contributed by atoms with Crippen molar-refractivity contribution in [3.05, 3.63) is 34.4 Å². The van der Waals surface area contributed by atoms with E-state index in [-0.39, 0.29) is 29.0 Å². The van der Waals surface area contributed by atoms with Gasteiger partial charge in [0.25, 0.3) is 5.69 Å². The lowest BCUT2D eigenvalue weighted by atomic mass is 10.1. The van der Waals surface area contributed by atoms with E-state index < -0.39 is 14.9 Å². The molecule has 1 heterocycles. The molecule has 0 radical (unpaired) electrons. The van der Waals surface area contributed by atoms with Crippen molar-refractivity contribution in [2.75, 3.05) is 19.6 Å². The maximum Gasteiger partial charge on any atom is 0.289 e. The molecule has 1 N–H and O–H groups in total. The average molecular weight is 364 g/mol. The Labute approximate surface area is 142 Å². The van der Waals surface area contributed by atoms with Gasteiger partial charge in [-0.2, -0.15) is 4.31 Å². The second-order valence-corrected chi connectivity index (χ2v) is 7.18. The highest BCUT2D eigenvalue weighted by atomic mass is 35.5. The van der Waals surface area contributed by atoms with E-state index in [4.69, 9.17) is 0 Å². The molecule has 0 saturated carbocycles. The molecule has 2 rings (SSSR count). The van der Waals surface area contributed by atoms with Crippen LogP contribution in [0, 0.1) is 10.1 Å². The van der Waals surface area contributed by atoms with Gasteiger partial charge in [-0.1, -0.05) is 19.1 Å². The van der Waals surface area contributed by atoms with Crippen molar-refractivity contribution in [2.45, 2.75) is 37.1 Å². The first kappa shape index (κ1) is 19.8. The van der Waals surface area contributed by atoms with Crippen molar-refractivity contribution in [1.29, 1.82) is 0 Å². The first-order valence-corrected chi connectivity index (χ1v) is 8.88. The van der Waals surface area contributed by atoms with Crippen LogP contribution in [0.2, 0.25) is 0 Å². The third-order valence-electron chi connectivity index (χ3n) is 3.81. The number of nitro benzene ring substituents is 1. The van der Waals surface area contributed by atoms with Gasteiger partial charge >= 0.3 is 0 Å². The Morgan fingerprint density at radius 2 is 1.91 bits per heavy atom. The van der Waals surface area contributed by atoms with Crippen molar-refractivity contribution in [3.8, 4) is 0 Å². The van der Waals surface area contributed by atoms with Crippen molar-refractivity contribution < 1.29 is 13.3 Å². The van der Waals surface area contributed by atoms with Crippen molar-refractivity contribution >= 4 is 28.1 Å². The smallest absolute Gasteiger partial charge is 0.289 e. The summed E-state index contributed by atoms with van der Waals surface area (Å²) in [5.41, 5.74) is -0.363. The van der Waals surface area contributed by atoms with Gasteiger partial charge in [-0.25, -0.2) is 8.42 Å². The van der Waals surface area contributed by atoms with E-state index >= 15 is 0 Å². The van der Waals surface area contributed by atoms with E-state index in [1.807, 2.05) is 6.92 Å². The molecular formula is C14H22ClN3O4S. The summed E-state index contributed by atoms with van der Waals surface area (Å²) in [7, 11) is -3.87. The van der Waals surface area contributed by atoms with E-state index in [0.29, 0.717) is 13.0 Å². The number of para-hydroxylation sites is 1. The Balaban J connectivity index is 0.00000264. The number of hydrogen-bond acceptors (Lipinski definition) is 5. The SMILES string of the molecule is CCCN(C1CCNCC1)S(=O)(=O)c1ccccc1[N+](=O)[O-].Cl. The van der Waals surface area contributed by atoms with Crippen molar-refractivity contribution in [1.82, 2.24) is 9.62 Å². The Kier molecular flexibility index (Phi) is 7.40. The summed E-state index contributed by atoms with van der Waals surface area (Å²) in [6, 6.07) is 5.44. The lowest BCUT2D eigenvalue weighted by Gasteiger charge is -2.33. The quantitative estimate of drug-likeness (QED) is 0.617. The minimum atomic E-state index is -3.87. The summed E-state index contributed by atoms with van der Waals surface area (Å²) in [6.45, 7) is 3.80. The molecule has 130 valence electrons. The van der Waals surface area contributed by atoms with Gasteiger partial charge in [-0.15, -0.1) is 12.4 Å². The van der Waals surface area contributed by atoms with Crippen LogP contribution in [0.3, 0.4) is 0 Å². The highest BCUT2D eigenvalue weighted by Crippen LogP contribution is 2.29. The topological polar surface area (TPSA) is 92.6 Å². The van der Waals surface area contributed by atoms with Crippen LogP contribution < -0.4 is 5.32 Å². The summed E-state index contributed by atoms with van der Waals surface area (Å²) in [6.07, 6.45) is 2.11.